The molecular weight excluding hydrogens is 376 g/mol. The largest absolute Gasteiger partial charge is 0.348 e. The van der Waals surface area contributed by atoms with E-state index >= 15 is 0 Å². The van der Waals surface area contributed by atoms with E-state index in [9.17, 15) is 9.59 Å². The first-order valence-electron chi connectivity index (χ1n) is 10.3. The van der Waals surface area contributed by atoms with E-state index in [0.717, 1.165) is 41.2 Å². The van der Waals surface area contributed by atoms with Gasteiger partial charge in [0.1, 0.15) is 0 Å². The van der Waals surface area contributed by atoms with Crippen molar-refractivity contribution in [2.45, 2.75) is 39.8 Å². The van der Waals surface area contributed by atoms with Crippen LogP contribution in [0.5, 0.6) is 0 Å². The van der Waals surface area contributed by atoms with Gasteiger partial charge in [-0.3, -0.25) is 14.3 Å². The van der Waals surface area contributed by atoms with Gasteiger partial charge < -0.3 is 10.2 Å². The number of benzene rings is 2. The van der Waals surface area contributed by atoms with E-state index in [1.54, 1.807) is 0 Å². The summed E-state index contributed by atoms with van der Waals surface area (Å²) in [4.78, 5) is 26.5. The van der Waals surface area contributed by atoms with E-state index in [-0.39, 0.29) is 11.8 Å². The van der Waals surface area contributed by atoms with Gasteiger partial charge in [-0.05, 0) is 61.7 Å². The molecule has 154 valence electrons. The van der Waals surface area contributed by atoms with Crippen molar-refractivity contribution in [2.24, 2.45) is 0 Å². The van der Waals surface area contributed by atoms with E-state index in [0.29, 0.717) is 25.1 Å². The van der Waals surface area contributed by atoms with Crippen LogP contribution in [-0.2, 0) is 17.9 Å². The molecule has 6 heteroatoms. The van der Waals surface area contributed by atoms with E-state index < -0.39 is 0 Å². The highest BCUT2D eigenvalue weighted by molar-refractivity contribution is 5.95. The molecule has 6 nitrogen and oxygen atoms in total. The van der Waals surface area contributed by atoms with Crippen LogP contribution in [0.25, 0.3) is 0 Å². The van der Waals surface area contributed by atoms with Crippen molar-refractivity contribution in [3.05, 3.63) is 82.7 Å². The molecule has 0 aliphatic carbocycles. The zero-order valence-electron chi connectivity index (χ0n) is 17.4. The third kappa shape index (κ3) is 4.43. The number of aromatic nitrogens is 2. The van der Waals surface area contributed by atoms with Crippen LogP contribution in [0.3, 0.4) is 0 Å². The van der Waals surface area contributed by atoms with Crippen LogP contribution in [0.2, 0.25) is 0 Å². The van der Waals surface area contributed by atoms with Gasteiger partial charge in [-0.25, -0.2) is 0 Å². The number of carbonyl (C=O) groups excluding carboxylic acids is 2. The maximum absolute atomic E-state index is 12.7. The summed E-state index contributed by atoms with van der Waals surface area (Å²) in [6.07, 6.45) is 1.50. The van der Waals surface area contributed by atoms with Crippen molar-refractivity contribution in [1.29, 1.82) is 0 Å². The van der Waals surface area contributed by atoms with Gasteiger partial charge in [-0.1, -0.05) is 24.3 Å². The van der Waals surface area contributed by atoms with Gasteiger partial charge >= 0.3 is 0 Å². The third-order valence-corrected chi connectivity index (χ3v) is 5.37. The zero-order valence-corrected chi connectivity index (χ0v) is 17.4. The van der Waals surface area contributed by atoms with E-state index in [1.807, 2.05) is 78.0 Å². The Labute approximate surface area is 176 Å². The monoisotopic (exact) mass is 402 g/mol. The summed E-state index contributed by atoms with van der Waals surface area (Å²) in [5.41, 5.74) is 5.61. The van der Waals surface area contributed by atoms with Crippen molar-refractivity contribution in [2.75, 3.05) is 11.4 Å². The molecule has 0 saturated carbocycles. The van der Waals surface area contributed by atoms with Crippen LogP contribution in [0.1, 0.15) is 45.7 Å². The predicted molar refractivity (Wildman–Crippen MR) is 116 cm³/mol. The summed E-state index contributed by atoms with van der Waals surface area (Å²) in [5, 5.41) is 7.48. The lowest BCUT2D eigenvalue weighted by atomic mass is 10.1. The molecule has 1 aromatic heterocycles. The van der Waals surface area contributed by atoms with E-state index in [2.05, 4.69) is 10.4 Å². The second kappa shape index (κ2) is 8.53. The third-order valence-electron chi connectivity index (χ3n) is 5.37. The summed E-state index contributed by atoms with van der Waals surface area (Å²) in [5.74, 6) is 0.0449. The second-order valence-electron chi connectivity index (χ2n) is 7.79. The second-order valence-corrected chi connectivity index (χ2v) is 7.79. The fraction of sp³-hybridized carbons (Fsp3) is 0.292. The summed E-state index contributed by atoms with van der Waals surface area (Å²) >= 11 is 0. The van der Waals surface area contributed by atoms with E-state index in [4.69, 9.17) is 0 Å². The molecule has 1 N–H and O–H groups in total. The molecule has 0 spiro atoms. The molecule has 0 unspecified atom stereocenters. The van der Waals surface area contributed by atoms with Crippen molar-refractivity contribution < 1.29 is 9.59 Å². The molecule has 1 fully saturated rings. The number of amides is 2. The standard InChI is InChI=1S/C24H26N4O2/c1-17-12-18(2)28(26-17)16-20-7-3-8-21(13-20)24(30)25-15-19-6-4-9-22(14-19)27-11-5-10-23(27)29/h3-4,6-9,12-14H,5,10-11,15-16H2,1-2H3,(H,25,30). The lowest BCUT2D eigenvalue weighted by molar-refractivity contribution is -0.117. The first-order chi connectivity index (χ1) is 14.5. The van der Waals surface area contributed by atoms with Crippen LogP contribution in [-0.4, -0.2) is 28.1 Å². The highest BCUT2D eigenvalue weighted by atomic mass is 16.2. The van der Waals surface area contributed by atoms with Crippen molar-refractivity contribution >= 4 is 17.5 Å². The number of aryl methyl sites for hydroxylation is 2. The molecule has 2 aromatic carbocycles. The van der Waals surface area contributed by atoms with Crippen LogP contribution >= 0.6 is 0 Å². The molecule has 0 bridgehead atoms. The number of nitrogens with one attached hydrogen (secondary N) is 1. The number of rotatable bonds is 6. The fourth-order valence-electron chi connectivity index (χ4n) is 3.86. The highest BCUT2D eigenvalue weighted by Crippen LogP contribution is 2.22. The molecule has 1 saturated heterocycles. The molecule has 0 radical (unpaired) electrons. The smallest absolute Gasteiger partial charge is 0.251 e. The van der Waals surface area contributed by atoms with Crippen LogP contribution in [0.4, 0.5) is 5.69 Å². The maximum Gasteiger partial charge on any atom is 0.251 e. The Morgan fingerprint density at radius 2 is 1.87 bits per heavy atom. The fourth-order valence-corrected chi connectivity index (χ4v) is 3.86. The first-order valence-corrected chi connectivity index (χ1v) is 10.3. The van der Waals surface area contributed by atoms with Gasteiger partial charge in [0.25, 0.3) is 5.91 Å². The highest BCUT2D eigenvalue weighted by Gasteiger charge is 2.21. The van der Waals surface area contributed by atoms with Crippen LogP contribution in [0.15, 0.2) is 54.6 Å². The molecule has 3 aromatic rings. The minimum atomic E-state index is -0.118. The molecule has 0 atom stereocenters. The van der Waals surface area contributed by atoms with Crippen LogP contribution < -0.4 is 10.2 Å². The SMILES string of the molecule is Cc1cc(C)n(Cc2cccc(C(=O)NCc3cccc(N4CCCC4=O)c3)c2)n1. The normalized spacial score (nSPS) is 13.7. The minimum absolute atomic E-state index is 0.118. The average Bonchev–Trinajstić information content (AvgIpc) is 3.31. The number of nitrogens with zero attached hydrogens (tertiary/aromatic N) is 3. The van der Waals surface area contributed by atoms with Crippen LogP contribution in [0, 0.1) is 13.8 Å². The number of hydrogen-bond acceptors (Lipinski definition) is 3. The lowest BCUT2D eigenvalue weighted by Gasteiger charge is -2.16. The molecule has 2 heterocycles. The van der Waals surface area contributed by atoms with E-state index in [1.165, 1.54) is 0 Å². The van der Waals surface area contributed by atoms with Crippen molar-refractivity contribution in [1.82, 2.24) is 15.1 Å². The number of carbonyl (C=O) groups is 2. The van der Waals surface area contributed by atoms with Crippen molar-refractivity contribution in [3.8, 4) is 0 Å². The van der Waals surface area contributed by atoms with Gasteiger partial charge in [0, 0.05) is 36.5 Å². The van der Waals surface area contributed by atoms with Gasteiger partial charge in [0.2, 0.25) is 5.91 Å². The first kappa shape index (κ1) is 19.9. The Hall–Kier alpha value is -3.41. The Kier molecular flexibility index (Phi) is 5.65. The molecule has 30 heavy (non-hydrogen) atoms. The average molecular weight is 402 g/mol. The Balaban J connectivity index is 1.41. The molecule has 1 aliphatic rings. The minimum Gasteiger partial charge on any atom is -0.348 e. The van der Waals surface area contributed by atoms with Crippen molar-refractivity contribution in [3.63, 3.8) is 0 Å². The molecule has 2 amide bonds. The van der Waals surface area contributed by atoms with Gasteiger partial charge in [-0.2, -0.15) is 5.10 Å². The Bertz CT molecular complexity index is 1090. The molecule has 4 rings (SSSR count). The maximum atomic E-state index is 12.7. The zero-order chi connectivity index (χ0) is 21.1. The molecular formula is C24H26N4O2. The quantitative estimate of drug-likeness (QED) is 0.685. The van der Waals surface area contributed by atoms with Gasteiger partial charge in [-0.15, -0.1) is 0 Å². The number of hydrogen-bond donors (Lipinski definition) is 1. The summed E-state index contributed by atoms with van der Waals surface area (Å²) in [6.45, 7) is 5.81. The Morgan fingerprint density at radius 1 is 1.07 bits per heavy atom. The lowest BCUT2D eigenvalue weighted by Crippen LogP contribution is -2.25. The van der Waals surface area contributed by atoms with Gasteiger partial charge in [0.05, 0.1) is 12.2 Å². The summed E-state index contributed by atoms with van der Waals surface area (Å²) in [7, 11) is 0. The Morgan fingerprint density at radius 3 is 2.60 bits per heavy atom. The topological polar surface area (TPSA) is 67.2 Å². The molecule has 1 aliphatic heterocycles. The summed E-state index contributed by atoms with van der Waals surface area (Å²) in [6, 6.07) is 17.5. The summed E-state index contributed by atoms with van der Waals surface area (Å²) < 4.78 is 1.94. The number of anilines is 1. The predicted octanol–water partition coefficient (Wildman–Crippen LogP) is 3.61. The van der Waals surface area contributed by atoms with Gasteiger partial charge in [0.15, 0.2) is 0 Å².